The molecule has 0 unspecified atom stereocenters. The van der Waals surface area contributed by atoms with Crippen LogP contribution >= 0.6 is 11.8 Å². The molecular formula is C6H12N2O3S. The molecule has 0 saturated heterocycles. The van der Waals surface area contributed by atoms with Crippen molar-refractivity contribution in [3.05, 3.63) is 0 Å². The number of rotatable bonds is 3. The highest BCUT2D eigenvalue weighted by Crippen LogP contribution is 1.90. The zero-order valence-corrected chi connectivity index (χ0v) is 7.86. The van der Waals surface area contributed by atoms with Crippen molar-refractivity contribution in [3.63, 3.8) is 0 Å². The lowest BCUT2D eigenvalue weighted by Crippen LogP contribution is -2.27. The minimum Gasteiger partial charge on any atom is -0.448 e. The Morgan fingerprint density at radius 2 is 2.17 bits per heavy atom. The summed E-state index contributed by atoms with van der Waals surface area (Å²) in [5, 5.41) is 4.69. The van der Waals surface area contributed by atoms with Gasteiger partial charge in [0, 0.05) is 7.05 Å². The standard InChI is InChI=1S/C6H12N2O3S/c1-7-5(9)11-4-3-8-6(10)12-2/h3-4H2,1-2H3,(H,7,9)(H,8,10). The molecule has 70 valence electrons. The van der Waals surface area contributed by atoms with Gasteiger partial charge in [-0.25, -0.2) is 4.79 Å². The number of nitrogens with one attached hydrogen (secondary N) is 2. The van der Waals surface area contributed by atoms with Gasteiger partial charge in [-0.3, -0.25) is 4.79 Å². The molecule has 0 aromatic carbocycles. The number of amides is 2. The lowest BCUT2D eigenvalue weighted by atomic mass is 10.7. The normalized spacial score (nSPS) is 8.83. The van der Waals surface area contributed by atoms with Crippen LogP contribution < -0.4 is 10.6 Å². The van der Waals surface area contributed by atoms with Crippen molar-refractivity contribution in [2.24, 2.45) is 0 Å². The summed E-state index contributed by atoms with van der Waals surface area (Å²) < 4.78 is 4.61. The van der Waals surface area contributed by atoms with Crippen LogP contribution in [-0.4, -0.2) is 37.8 Å². The second-order valence-corrected chi connectivity index (χ2v) is 2.58. The van der Waals surface area contributed by atoms with Crippen LogP contribution in [0.3, 0.4) is 0 Å². The molecule has 0 aliphatic rings. The van der Waals surface area contributed by atoms with Crippen LogP contribution in [-0.2, 0) is 4.74 Å². The first-order valence-corrected chi connectivity index (χ1v) is 4.59. The van der Waals surface area contributed by atoms with E-state index in [-0.39, 0.29) is 11.8 Å². The molecule has 0 fully saturated rings. The fraction of sp³-hybridized carbons (Fsp3) is 0.667. The molecule has 0 aromatic rings. The van der Waals surface area contributed by atoms with E-state index in [4.69, 9.17) is 0 Å². The molecular weight excluding hydrogens is 180 g/mol. The third-order valence-electron chi connectivity index (χ3n) is 0.994. The van der Waals surface area contributed by atoms with E-state index in [1.165, 1.54) is 7.05 Å². The van der Waals surface area contributed by atoms with E-state index in [0.717, 1.165) is 11.8 Å². The summed E-state index contributed by atoms with van der Waals surface area (Å²) in [6, 6.07) is 0. The number of alkyl carbamates (subject to hydrolysis) is 1. The molecule has 0 heterocycles. The highest BCUT2D eigenvalue weighted by atomic mass is 32.2. The molecule has 0 radical (unpaired) electrons. The summed E-state index contributed by atoms with van der Waals surface area (Å²) >= 11 is 1.08. The van der Waals surface area contributed by atoms with E-state index >= 15 is 0 Å². The Hall–Kier alpha value is -0.910. The van der Waals surface area contributed by atoms with Gasteiger partial charge in [0.25, 0.3) is 5.24 Å². The van der Waals surface area contributed by atoms with Gasteiger partial charge in [0.15, 0.2) is 0 Å². The molecule has 2 N–H and O–H groups in total. The molecule has 0 aliphatic heterocycles. The summed E-state index contributed by atoms with van der Waals surface area (Å²) in [6.07, 6.45) is 1.18. The van der Waals surface area contributed by atoms with Gasteiger partial charge in [0.1, 0.15) is 6.61 Å². The maximum atomic E-state index is 10.6. The van der Waals surface area contributed by atoms with Gasteiger partial charge in [-0.2, -0.15) is 0 Å². The molecule has 2 amide bonds. The van der Waals surface area contributed by atoms with E-state index in [1.807, 2.05) is 0 Å². The van der Waals surface area contributed by atoms with Crippen molar-refractivity contribution in [1.82, 2.24) is 10.6 Å². The van der Waals surface area contributed by atoms with Gasteiger partial charge in [0.2, 0.25) is 0 Å². The van der Waals surface area contributed by atoms with Crippen LogP contribution in [0.4, 0.5) is 9.59 Å². The van der Waals surface area contributed by atoms with E-state index in [1.54, 1.807) is 6.26 Å². The molecule has 5 nitrogen and oxygen atoms in total. The Morgan fingerprint density at radius 1 is 1.50 bits per heavy atom. The largest absolute Gasteiger partial charge is 0.448 e. The Morgan fingerprint density at radius 3 is 2.67 bits per heavy atom. The molecule has 0 aromatic heterocycles. The molecule has 0 atom stereocenters. The Balaban J connectivity index is 3.21. The van der Waals surface area contributed by atoms with Gasteiger partial charge < -0.3 is 15.4 Å². The summed E-state index contributed by atoms with van der Waals surface area (Å²) in [6.45, 7) is 0.527. The average Bonchev–Trinajstić information content (AvgIpc) is 2.11. The van der Waals surface area contributed by atoms with Crippen LogP contribution in [0.1, 0.15) is 0 Å². The van der Waals surface area contributed by atoms with Crippen LogP contribution in [0.5, 0.6) is 0 Å². The van der Waals surface area contributed by atoms with Crippen molar-refractivity contribution in [1.29, 1.82) is 0 Å². The van der Waals surface area contributed by atoms with Crippen LogP contribution in [0.25, 0.3) is 0 Å². The van der Waals surface area contributed by atoms with E-state index in [9.17, 15) is 9.59 Å². The Labute approximate surface area is 75.2 Å². The van der Waals surface area contributed by atoms with Crippen molar-refractivity contribution in [2.45, 2.75) is 0 Å². The van der Waals surface area contributed by atoms with E-state index in [0.29, 0.717) is 6.54 Å². The topological polar surface area (TPSA) is 67.4 Å². The van der Waals surface area contributed by atoms with Crippen LogP contribution in [0.15, 0.2) is 0 Å². The van der Waals surface area contributed by atoms with Crippen LogP contribution in [0.2, 0.25) is 0 Å². The number of thioether (sulfide) groups is 1. The third kappa shape index (κ3) is 5.84. The number of hydrogen-bond acceptors (Lipinski definition) is 4. The van der Waals surface area contributed by atoms with Crippen molar-refractivity contribution in [2.75, 3.05) is 26.5 Å². The zero-order chi connectivity index (χ0) is 9.40. The summed E-state index contributed by atoms with van der Waals surface area (Å²) in [5.74, 6) is 0. The fourth-order valence-corrected chi connectivity index (χ4v) is 0.688. The molecule has 12 heavy (non-hydrogen) atoms. The fourth-order valence-electron chi connectivity index (χ4n) is 0.441. The van der Waals surface area contributed by atoms with E-state index < -0.39 is 6.09 Å². The lowest BCUT2D eigenvalue weighted by molar-refractivity contribution is 0.149. The third-order valence-corrected chi connectivity index (χ3v) is 1.51. The maximum Gasteiger partial charge on any atom is 0.406 e. The van der Waals surface area contributed by atoms with Crippen molar-refractivity contribution in [3.8, 4) is 0 Å². The van der Waals surface area contributed by atoms with Gasteiger partial charge in [-0.05, 0) is 6.26 Å². The lowest BCUT2D eigenvalue weighted by Gasteiger charge is -2.03. The number of carbonyl (C=O) groups excluding carboxylic acids is 2. The zero-order valence-electron chi connectivity index (χ0n) is 7.05. The number of carbonyl (C=O) groups is 2. The quantitative estimate of drug-likeness (QED) is 0.636. The predicted octanol–water partition coefficient (Wildman–Crippen LogP) is 0.415. The molecule has 6 heteroatoms. The smallest absolute Gasteiger partial charge is 0.406 e. The van der Waals surface area contributed by atoms with Gasteiger partial charge in [-0.15, -0.1) is 0 Å². The number of hydrogen-bond donors (Lipinski definition) is 2. The summed E-state index contributed by atoms with van der Waals surface area (Å²) in [4.78, 5) is 21.1. The SMILES string of the molecule is CNC(=O)OCCNC(=O)SC. The molecule has 0 rings (SSSR count). The second-order valence-electron chi connectivity index (χ2n) is 1.80. The van der Waals surface area contributed by atoms with Crippen molar-refractivity contribution >= 4 is 23.1 Å². The number of ether oxygens (including phenoxy) is 1. The van der Waals surface area contributed by atoms with Gasteiger partial charge >= 0.3 is 6.09 Å². The molecule has 0 bridgehead atoms. The first-order valence-electron chi connectivity index (χ1n) is 3.37. The highest BCUT2D eigenvalue weighted by molar-refractivity contribution is 8.12. The van der Waals surface area contributed by atoms with E-state index in [2.05, 4.69) is 15.4 Å². The first-order chi connectivity index (χ1) is 5.70. The second kappa shape index (κ2) is 6.78. The Kier molecular flexibility index (Phi) is 6.26. The maximum absolute atomic E-state index is 10.6. The first kappa shape index (κ1) is 11.1. The minimum atomic E-state index is -0.492. The monoisotopic (exact) mass is 192 g/mol. The summed E-state index contributed by atoms with van der Waals surface area (Å²) in [5.41, 5.74) is 0. The van der Waals surface area contributed by atoms with Gasteiger partial charge in [-0.1, -0.05) is 11.8 Å². The average molecular weight is 192 g/mol. The predicted molar refractivity (Wildman–Crippen MR) is 47.3 cm³/mol. The van der Waals surface area contributed by atoms with Gasteiger partial charge in [0.05, 0.1) is 6.54 Å². The molecule has 0 saturated carbocycles. The minimum absolute atomic E-state index is 0.129. The summed E-state index contributed by atoms with van der Waals surface area (Å²) in [7, 11) is 1.48. The highest BCUT2D eigenvalue weighted by Gasteiger charge is 1.98. The van der Waals surface area contributed by atoms with Crippen LogP contribution in [0, 0.1) is 0 Å². The van der Waals surface area contributed by atoms with Crippen molar-refractivity contribution < 1.29 is 14.3 Å². The Bertz CT molecular complexity index is 145. The molecule has 0 aliphatic carbocycles. The molecule has 0 spiro atoms.